The summed E-state index contributed by atoms with van der Waals surface area (Å²) in [6.45, 7) is 0. The molecule has 0 radical (unpaired) electrons. The van der Waals surface area contributed by atoms with Gasteiger partial charge in [0.1, 0.15) is 9.30 Å². The fourth-order valence-corrected chi connectivity index (χ4v) is 3.92. The van der Waals surface area contributed by atoms with Crippen LogP contribution in [-0.4, -0.2) is 5.11 Å². The predicted octanol–water partition coefficient (Wildman–Crippen LogP) is 1.95. The molecule has 2 N–H and O–H groups in total. The molecule has 0 saturated carbocycles. The summed E-state index contributed by atoms with van der Waals surface area (Å²) in [5.74, 6) is 0.422. The average Bonchev–Trinajstić information content (AvgIpc) is 2.46. The van der Waals surface area contributed by atoms with Gasteiger partial charge in [0, 0.05) is 16.0 Å². The maximum atomic E-state index is 9.41. The number of benzene rings is 1. The van der Waals surface area contributed by atoms with E-state index in [0.717, 1.165) is 5.56 Å². The smallest absolute Gasteiger partial charge is 0.136 e. The first-order chi connectivity index (χ1) is 5.23. The molecule has 0 spiro atoms. The zero-order chi connectivity index (χ0) is 7.64. The second kappa shape index (κ2) is 1.70. The van der Waals surface area contributed by atoms with Crippen molar-refractivity contribution in [1.29, 1.82) is 0 Å². The normalized spacial score (nSPS) is 30.3. The van der Waals surface area contributed by atoms with Crippen LogP contribution in [0.4, 0.5) is 0 Å². The Labute approximate surface area is 81.6 Å². The molecule has 0 saturated heterocycles. The van der Waals surface area contributed by atoms with Gasteiger partial charge in [-0.05, 0) is 46.7 Å². The van der Waals surface area contributed by atoms with Gasteiger partial charge in [-0.25, -0.2) is 4.72 Å². The second-order valence-corrected chi connectivity index (χ2v) is 5.16. The van der Waals surface area contributed by atoms with Crippen LogP contribution in [0, 0.1) is 0 Å². The summed E-state index contributed by atoms with van der Waals surface area (Å²) in [6, 6.07) is 3.72. The largest absolute Gasteiger partial charge is 0.508 e. The van der Waals surface area contributed by atoms with Gasteiger partial charge in [0.15, 0.2) is 0 Å². The van der Waals surface area contributed by atoms with E-state index in [1.54, 1.807) is 18.0 Å². The predicted molar refractivity (Wildman–Crippen MR) is 51.9 cm³/mol. The molecule has 56 valence electrons. The fraction of sp³-hybridized carbons (Fsp3) is 0.143. The summed E-state index contributed by atoms with van der Waals surface area (Å²) in [6.07, 6.45) is 0. The molecule has 0 bridgehead atoms. The third-order valence-corrected chi connectivity index (χ3v) is 4.76. The van der Waals surface area contributed by atoms with E-state index in [2.05, 4.69) is 27.3 Å². The molecule has 1 aromatic rings. The Morgan fingerprint density at radius 1 is 1.45 bits per heavy atom. The molecule has 1 heterocycles. The molecule has 0 aromatic heterocycles. The van der Waals surface area contributed by atoms with Crippen LogP contribution in [0.1, 0.15) is 11.1 Å². The lowest BCUT2D eigenvalue weighted by atomic mass is 10.3. The van der Waals surface area contributed by atoms with Gasteiger partial charge in [0.2, 0.25) is 0 Å². The molecule has 0 amide bonds. The van der Waals surface area contributed by atoms with Gasteiger partial charge < -0.3 is 5.11 Å². The van der Waals surface area contributed by atoms with Crippen LogP contribution in [-0.2, 0) is 3.55 Å². The third kappa shape index (κ3) is 0.598. The number of alkyl halides is 1. The fourth-order valence-electron chi connectivity index (χ4n) is 1.49. The molecule has 4 heteroatoms. The van der Waals surface area contributed by atoms with Crippen molar-refractivity contribution >= 4 is 34.5 Å². The Morgan fingerprint density at radius 2 is 2.27 bits per heavy atom. The Hall–Kier alpha value is 0.0600. The van der Waals surface area contributed by atoms with Crippen LogP contribution in [0.5, 0.6) is 5.75 Å². The van der Waals surface area contributed by atoms with Crippen LogP contribution >= 0.6 is 34.5 Å². The van der Waals surface area contributed by atoms with Gasteiger partial charge in [0.25, 0.3) is 0 Å². The highest BCUT2D eigenvalue weighted by atomic mass is 127. The molecular formula is C7H4INOS. The van der Waals surface area contributed by atoms with Crippen molar-refractivity contribution in [3.8, 4) is 5.75 Å². The highest BCUT2D eigenvalue weighted by Crippen LogP contribution is 2.65. The molecule has 0 fully saturated rings. The first-order valence-electron chi connectivity index (χ1n) is 3.23. The number of halogens is 1. The van der Waals surface area contributed by atoms with Crippen molar-refractivity contribution in [3.63, 3.8) is 0 Å². The summed E-state index contributed by atoms with van der Waals surface area (Å²) < 4.78 is 3.23. The summed E-state index contributed by atoms with van der Waals surface area (Å²) in [5, 5.41) is 9.41. The Bertz CT molecular complexity index is 361. The molecule has 1 aromatic carbocycles. The topological polar surface area (TPSA) is 32.3 Å². The van der Waals surface area contributed by atoms with Gasteiger partial charge in [-0.3, -0.25) is 0 Å². The molecule has 3 rings (SSSR count). The molecule has 2 nitrogen and oxygen atoms in total. The lowest BCUT2D eigenvalue weighted by Gasteiger charge is -2.04. The van der Waals surface area contributed by atoms with Crippen LogP contribution < -0.4 is 4.72 Å². The van der Waals surface area contributed by atoms with Crippen molar-refractivity contribution in [1.82, 2.24) is 4.72 Å². The van der Waals surface area contributed by atoms with E-state index in [4.69, 9.17) is 0 Å². The van der Waals surface area contributed by atoms with E-state index in [0.29, 0.717) is 5.75 Å². The SMILES string of the molecule is Oc1ccc2c3c1C3(I)NS2. The highest BCUT2D eigenvalue weighted by Gasteiger charge is 2.57. The lowest BCUT2D eigenvalue weighted by Crippen LogP contribution is -2.11. The van der Waals surface area contributed by atoms with Gasteiger partial charge >= 0.3 is 0 Å². The molecule has 1 aliphatic heterocycles. The number of aromatic hydroxyl groups is 1. The second-order valence-electron chi connectivity index (χ2n) is 2.70. The van der Waals surface area contributed by atoms with Crippen LogP contribution in [0.25, 0.3) is 0 Å². The number of hydrogen-bond donors (Lipinski definition) is 2. The van der Waals surface area contributed by atoms with Crippen molar-refractivity contribution in [3.05, 3.63) is 23.3 Å². The van der Waals surface area contributed by atoms with Crippen molar-refractivity contribution in [2.24, 2.45) is 0 Å². The Morgan fingerprint density at radius 3 is 3.00 bits per heavy atom. The summed E-state index contributed by atoms with van der Waals surface area (Å²) in [5.41, 5.74) is 2.36. The zero-order valence-corrected chi connectivity index (χ0v) is 8.36. The minimum atomic E-state index is -0.0364. The average molecular weight is 277 g/mol. The minimum absolute atomic E-state index is 0.0364. The van der Waals surface area contributed by atoms with Crippen molar-refractivity contribution < 1.29 is 5.11 Å². The van der Waals surface area contributed by atoms with Gasteiger partial charge in [-0.1, -0.05) is 0 Å². The highest BCUT2D eigenvalue weighted by molar-refractivity contribution is 14.1. The van der Waals surface area contributed by atoms with E-state index in [-0.39, 0.29) is 3.55 Å². The molecule has 1 atom stereocenters. The number of nitrogens with one attached hydrogen (secondary N) is 1. The van der Waals surface area contributed by atoms with E-state index >= 15 is 0 Å². The van der Waals surface area contributed by atoms with E-state index < -0.39 is 0 Å². The minimum Gasteiger partial charge on any atom is -0.508 e. The summed E-state index contributed by atoms with van der Waals surface area (Å²) >= 11 is 3.97. The van der Waals surface area contributed by atoms with E-state index in [1.165, 1.54) is 10.5 Å². The number of fused-ring (bicyclic) bond motifs is 1. The maximum Gasteiger partial charge on any atom is 0.136 e. The maximum absolute atomic E-state index is 9.41. The van der Waals surface area contributed by atoms with Gasteiger partial charge in [0.05, 0.1) is 0 Å². The Kier molecular flexibility index (Phi) is 1.01. The van der Waals surface area contributed by atoms with Crippen molar-refractivity contribution in [2.75, 3.05) is 0 Å². The van der Waals surface area contributed by atoms with E-state index in [1.807, 2.05) is 6.07 Å². The molecule has 1 unspecified atom stereocenters. The number of rotatable bonds is 0. The van der Waals surface area contributed by atoms with Gasteiger partial charge in [-0.2, -0.15) is 0 Å². The molecule has 2 aliphatic rings. The lowest BCUT2D eigenvalue weighted by molar-refractivity contribution is 0.471. The van der Waals surface area contributed by atoms with Crippen LogP contribution in [0.2, 0.25) is 0 Å². The van der Waals surface area contributed by atoms with Crippen LogP contribution in [0.3, 0.4) is 0 Å². The van der Waals surface area contributed by atoms with E-state index in [9.17, 15) is 5.11 Å². The third-order valence-electron chi connectivity index (χ3n) is 2.07. The summed E-state index contributed by atoms with van der Waals surface area (Å²) in [4.78, 5) is 1.26. The monoisotopic (exact) mass is 277 g/mol. The first-order valence-corrected chi connectivity index (χ1v) is 5.13. The van der Waals surface area contributed by atoms with Gasteiger partial charge in [-0.15, -0.1) is 0 Å². The number of phenols is 1. The number of phenolic OH excluding ortho intramolecular Hbond substituents is 1. The van der Waals surface area contributed by atoms with Crippen molar-refractivity contribution in [2.45, 2.75) is 8.44 Å². The standard InChI is InChI=1S/C7H4INOS/c8-7-5-3(10)1-2-4(6(5)7)11-9-7/h1-2,9-10H. The Balaban J connectivity index is 2.38. The quantitative estimate of drug-likeness (QED) is 0.329. The zero-order valence-electron chi connectivity index (χ0n) is 5.39. The first kappa shape index (κ1) is 6.56. The molecular weight excluding hydrogens is 273 g/mol. The molecule has 11 heavy (non-hydrogen) atoms. The summed E-state index contributed by atoms with van der Waals surface area (Å²) in [7, 11) is 0. The van der Waals surface area contributed by atoms with Crippen LogP contribution in [0.15, 0.2) is 17.0 Å². The number of hydrogen-bond acceptors (Lipinski definition) is 3. The molecule has 1 aliphatic carbocycles.